The number of aromatic nitrogens is 2. The van der Waals surface area contributed by atoms with E-state index < -0.39 is 0 Å². The number of aromatic hydroxyl groups is 1. The fourth-order valence-electron chi connectivity index (χ4n) is 2.50. The van der Waals surface area contributed by atoms with Gasteiger partial charge in [0.2, 0.25) is 0 Å². The molecule has 110 valence electrons. The smallest absolute Gasteiger partial charge is 0.181 e. The maximum absolute atomic E-state index is 10.0. The van der Waals surface area contributed by atoms with Crippen LogP contribution in [0.3, 0.4) is 0 Å². The van der Waals surface area contributed by atoms with Gasteiger partial charge in [-0.05, 0) is 30.3 Å². The number of nitrogens with zero attached hydrogens (tertiary/aromatic N) is 1. The molecule has 4 aromatic rings. The average molecular weight is 333 g/mol. The Kier molecular flexibility index (Phi) is 2.96. The third-order valence-corrected chi connectivity index (χ3v) is 4.08. The molecule has 4 rings (SSSR count). The van der Waals surface area contributed by atoms with Gasteiger partial charge in [-0.3, -0.25) is 0 Å². The molecule has 2 N–H and O–H groups in total. The highest BCUT2D eigenvalue weighted by atomic mass is 35.5. The Morgan fingerprint density at radius 1 is 1.09 bits per heavy atom. The lowest BCUT2D eigenvalue weighted by atomic mass is 10.2. The molecule has 2 heterocycles. The van der Waals surface area contributed by atoms with E-state index in [9.17, 15) is 5.11 Å². The molecule has 6 heteroatoms. The van der Waals surface area contributed by atoms with Gasteiger partial charge < -0.3 is 14.9 Å². The van der Waals surface area contributed by atoms with Gasteiger partial charge in [-0.1, -0.05) is 29.3 Å². The molecule has 0 fully saturated rings. The van der Waals surface area contributed by atoms with E-state index in [1.54, 1.807) is 24.4 Å². The van der Waals surface area contributed by atoms with E-state index in [4.69, 9.17) is 28.0 Å². The maximum atomic E-state index is 10.0. The molecule has 4 nitrogen and oxygen atoms in total. The van der Waals surface area contributed by atoms with Crippen molar-refractivity contribution in [2.45, 2.75) is 0 Å². The van der Waals surface area contributed by atoms with Gasteiger partial charge >= 0.3 is 0 Å². The van der Waals surface area contributed by atoms with Crippen molar-refractivity contribution in [1.82, 2.24) is 9.71 Å². The number of aromatic amines is 1. The largest absolute Gasteiger partial charge is 0.506 e. The minimum Gasteiger partial charge on any atom is -0.506 e. The SMILES string of the molecule is Oc1cn(Oc2c[nH]c3c(Cl)cccc23)c2ccc(Cl)cc12. The van der Waals surface area contributed by atoms with Crippen molar-refractivity contribution in [3.8, 4) is 11.5 Å². The second-order valence-electron chi connectivity index (χ2n) is 4.91. The van der Waals surface area contributed by atoms with Crippen molar-refractivity contribution in [3.05, 3.63) is 58.8 Å². The van der Waals surface area contributed by atoms with Crippen molar-refractivity contribution in [2.75, 3.05) is 0 Å². The van der Waals surface area contributed by atoms with Crippen LogP contribution in [0, 0.1) is 0 Å². The lowest BCUT2D eigenvalue weighted by Gasteiger charge is -2.06. The minimum absolute atomic E-state index is 0.107. The summed E-state index contributed by atoms with van der Waals surface area (Å²) >= 11 is 12.1. The van der Waals surface area contributed by atoms with Crippen LogP contribution >= 0.6 is 23.2 Å². The van der Waals surface area contributed by atoms with Gasteiger partial charge in [0.1, 0.15) is 5.75 Å². The molecule has 0 atom stereocenters. The molecular weight excluding hydrogens is 323 g/mol. The summed E-state index contributed by atoms with van der Waals surface area (Å²) in [5.74, 6) is 0.722. The molecule has 0 spiro atoms. The molecular formula is C16H10Cl2N2O2. The summed E-state index contributed by atoms with van der Waals surface area (Å²) in [6.07, 6.45) is 3.24. The van der Waals surface area contributed by atoms with Gasteiger partial charge in [-0.15, -0.1) is 0 Å². The molecule has 22 heavy (non-hydrogen) atoms. The highest BCUT2D eigenvalue weighted by molar-refractivity contribution is 6.35. The zero-order chi connectivity index (χ0) is 15.3. The van der Waals surface area contributed by atoms with Crippen molar-refractivity contribution < 1.29 is 9.94 Å². The van der Waals surface area contributed by atoms with E-state index in [2.05, 4.69) is 4.98 Å². The predicted octanol–water partition coefficient (Wildman–Crippen LogP) is 4.98. The Morgan fingerprint density at radius 3 is 2.82 bits per heavy atom. The number of halogens is 2. The number of para-hydroxylation sites is 1. The zero-order valence-corrected chi connectivity index (χ0v) is 12.7. The van der Waals surface area contributed by atoms with Crippen LogP contribution < -0.4 is 4.84 Å². The molecule has 2 aromatic carbocycles. The van der Waals surface area contributed by atoms with Gasteiger partial charge in [0, 0.05) is 22.0 Å². The fraction of sp³-hybridized carbons (Fsp3) is 0. The summed E-state index contributed by atoms with van der Waals surface area (Å²) in [7, 11) is 0. The molecule has 0 bridgehead atoms. The second-order valence-corrected chi connectivity index (χ2v) is 5.75. The third-order valence-electron chi connectivity index (χ3n) is 3.53. The molecule has 0 unspecified atom stereocenters. The van der Waals surface area contributed by atoms with Gasteiger partial charge in [0.15, 0.2) is 5.75 Å². The van der Waals surface area contributed by atoms with Crippen molar-refractivity contribution in [2.24, 2.45) is 0 Å². The first-order valence-electron chi connectivity index (χ1n) is 6.57. The van der Waals surface area contributed by atoms with Gasteiger partial charge in [0.05, 0.1) is 22.3 Å². The van der Waals surface area contributed by atoms with E-state index >= 15 is 0 Å². The van der Waals surface area contributed by atoms with Crippen LogP contribution in [0.5, 0.6) is 11.5 Å². The molecule has 0 aliphatic heterocycles. The summed E-state index contributed by atoms with van der Waals surface area (Å²) in [5, 5.41) is 12.7. The van der Waals surface area contributed by atoms with E-state index in [1.807, 2.05) is 18.2 Å². The molecule has 2 aromatic heterocycles. The molecule has 0 saturated heterocycles. The monoisotopic (exact) mass is 332 g/mol. The maximum Gasteiger partial charge on any atom is 0.181 e. The lowest BCUT2D eigenvalue weighted by Crippen LogP contribution is -2.02. The van der Waals surface area contributed by atoms with Crippen LogP contribution in [0.1, 0.15) is 0 Å². The van der Waals surface area contributed by atoms with Crippen molar-refractivity contribution >= 4 is 45.0 Å². The normalized spacial score (nSPS) is 11.4. The number of fused-ring (bicyclic) bond motifs is 2. The van der Waals surface area contributed by atoms with Crippen LogP contribution in [0.2, 0.25) is 10.0 Å². The highest BCUT2D eigenvalue weighted by Crippen LogP contribution is 2.33. The second kappa shape index (κ2) is 4.87. The van der Waals surface area contributed by atoms with Crippen molar-refractivity contribution in [1.29, 1.82) is 0 Å². The molecule has 0 aliphatic carbocycles. The number of hydrogen-bond acceptors (Lipinski definition) is 2. The molecule has 0 saturated carbocycles. The number of benzene rings is 2. The molecule has 0 radical (unpaired) electrons. The van der Waals surface area contributed by atoms with Gasteiger partial charge in [-0.2, -0.15) is 4.73 Å². The summed E-state index contributed by atoms with van der Waals surface area (Å²) in [6, 6.07) is 10.8. The van der Waals surface area contributed by atoms with E-state index in [0.29, 0.717) is 21.2 Å². The first-order chi connectivity index (χ1) is 10.6. The summed E-state index contributed by atoms with van der Waals surface area (Å²) in [5.41, 5.74) is 1.53. The number of H-pyrrole nitrogens is 1. The van der Waals surface area contributed by atoms with E-state index in [0.717, 1.165) is 16.4 Å². The lowest BCUT2D eigenvalue weighted by molar-refractivity contribution is 0.230. The molecule has 0 amide bonds. The number of nitrogens with one attached hydrogen (secondary N) is 1. The van der Waals surface area contributed by atoms with Crippen LogP contribution in [-0.4, -0.2) is 14.8 Å². The first kappa shape index (κ1) is 13.4. The van der Waals surface area contributed by atoms with Gasteiger partial charge in [-0.25, -0.2) is 0 Å². The van der Waals surface area contributed by atoms with Crippen molar-refractivity contribution in [3.63, 3.8) is 0 Å². The molecule has 0 aliphatic rings. The van der Waals surface area contributed by atoms with Crippen LogP contribution in [0.25, 0.3) is 21.8 Å². The predicted molar refractivity (Wildman–Crippen MR) is 87.9 cm³/mol. The fourth-order valence-corrected chi connectivity index (χ4v) is 2.91. The van der Waals surface area contributed by atoms with Crippen LogP contribution in [0.15, 0.2) is 48.8 Å². The van der Waals surface area contributed by atoms with E-state index in [-0.39, 0.29) is 5.75 Å². The third kappa shape index (κ3) is 2.00. The van der Waals surface area contributed by atoms with E-state index in [1.165, 1.54) is 10.9 Å². The summed E-state index contributed by atoms with van der Waals surface area (Å²) < 4.78 is 1.50. The minimum atomic E-state index is 0.107. The first-order valence-corrected chi connectivity index (χ1v) is 7.32. The Morgan fingerprint density at radius 2 is 1.95 bits per heavy atom. The average Bonchev–Trinajstić information content (AvgIpc) is 3.03. The number of rotatable bonds is 2. The summed E-state index contributed by atoms with van der Waals surface area (Å²) in [4.78, 5) is 8.97. The standard InChI is InChI=1S/C16H10Cl2N2O2/c17-9-4-5-13-11(6-9)14(21)8-20(13)22-15-7-19-16-10(15)2-1-3-12(16)18/h1-8,19,21H. The summed E-state index contributed by atoms with van der Waals surface area (Å²) in [6.45, 7) is 0. The van der Waals surface area contributed by atoms with Crippen LogP contribution in [-0.2, 0) is 0 Å². The number of hydrogen-bond donors (Lipinski definition) is 2. The van der Waals surface area contributed by atoms with Crippen LogP contribution in [0.4, 0.5) is 0 Å². The zero-order valence-electron chi connectivity index (χ0n) is 11.2. The quantitative estimate of drug-likeness (QED) is 0.544. The Hall–Kier alpha value is -2.30. The Balaban J connectivity index is 1.85. The topological polar surface area (TPSA) is 50.2 Å². The Labute approximate surface area is 135 Å². The Bertz CT molecular complexity index is 1000. The van der Waals surface area contributed by atoms with Gasteiger partial charge in [0.25, 0.3) is 0 Å². The highest BCUT2D eigenvalue weighted by Gasteiger charge is 2.13.